The van der Waals surface area contributed by atoms with Crippen LogP contribution in [0.3, 0.4) is 0 Å². The second kappa shape index (κ2) is 4.98. The van der Waals surface area contributed by atoms with Crippen LogP contribution in [-0.2, 0) is 0 Å². The van der Waals surface area contributed by atoms with E-state index in [0.717, 1.165) is 0 Å². The number of nitrogens with zero attached hydrogens (tertiary/aromatic N) is 2. The minimum Gasteiger partial charge on any atom is -0.391 e. The molecule has 1 atom stereocenters. The van der Waals surface area contributed by atoms with E-state index in [0.29, 0.717) is 13.0 Å². The Morgan fingerprint density at radius 3 is 2.71 bits per heavy atom. The van der Waals surface area contributed by atoms with Gasteiger partial charge in [-0.15, -0.1) is 0 Å². The number of halogens is 3. The fourth-order valence-corrected chi connectivity index (χ4v) is 2.23. The van der Waals surface area contributed by atoms with E-state index < -0.39 is 6.10 Å². The van der Waals surface area contributed by atoms with Crippen molar-refractivity contribution < 1.29 is 9.90 Å². The Bertz CT molecular complexity index is 467. The van der Waals surface area contributed by atoms with Gasteiger partial charge in [-0.25, -0.2) is 4.98 Å². The molecule has 17 heavy (non-hydrogen) atoms. The molecule has 7 heteroatoms. The highest BCUT2D eigenvalue weighted by molar-refractivity contribution is 6.48. The van der Waals surface area contributed by atoms with Crippen LogP contribution >= 0.6 is 34.8 Å². The van der Waals surface area contributed by atoms with E-state index in [1.54, 1.807) is 0 Å². The first-order valence-corrected chi connectivity index (χ1v) is 6.11. The molecule has 1 aliphatic rings. The number of pyridine rings is 1. The van der Waals surface area contributed by atoms with Crippen molar-refractivity contribution in [2.24, 2.45) is 0 Å². The van der Waals surface area contributed by atoms with E-state index in [1.807, 2.05) is 0 Å². The van der Waals surface area contributed by atoms with E-state index in [9.17, 15) is 9.90 Å². The number of carbonyl (C=O) groups is 1. The molecule has 0 aliphatic carbocycles. The van der Waals surface area contributed by atoms with Crippen molar-refractivity contribution in [3.63, 3.8) is 0 Å². The number of aliphatic hydroxyl groups excluding tert-OH is 1. The Kier molecular flexibility index (Phi) is 3.78. The van der Waals surface area contributed by atoms with Gasteiger partial charge in [0.15, 0.2) is 0 Å². The summed E-state index contributed by atoms with van der Waals surface area (Å²) in [7, 11) is 0. The lowest BCUT2D eigenvalue weighted by Crippen LogP contribution is -2.30. The molecule has 2 rings (SSSR count). The molecule has 0 saturated carbocycles. The van der Waals surface area contributed by atoms with Crippen molar-refractivity contribution in [2.45, 2.75) is 12.5 Å². The third-order valence-electron chi connectivity index (χ3n) is 2.57. The van der Waals surface area contributed by atoms with Crippen LogP contribution in [0.15, 0.2) is 6.20 Å². The van der Waals surface area contributed by atoms with Gasteiger partial charge in [0.1, 0.15) is 5.69 Å². The number of carbonyl (C=O) groups excluding carboxylic acids is 1. The maximum absolute atomic E-state index is 12.0. The van der Waals surface area contributed by atoms with Crippen molar-refractivity contribution in [1.29, 1.82) is 0 Å². The average molecular weight is 296 g/mol. The molecule has 0 radical (unpaired) electrons. The Morgan fingerprint density at radius 1 is 1.41 bits per heavy atom. The molecule has 92 valence electrons. The molecule has 2 heterocycles. The summed E-state index contributed by atoms with van der Waals surface area (Å²) in [5, 5.41) is 9.74. The van der Waals surface area contributed by atoms with Crippen LogP contribution in [0.4, 0.5) is 0 Å². The summed E-state index contributed by atoms with van der Waals surface area (Å²) in [5.41, 5.74) is 0.0650. The molecule has 1 amide bonds. The van der Waals surface area contributed by atoms with Crippen LogP contribution in [0, 0.1) is 0 Å². The van der Waals surface area contributed by atoms with Gasteiger partial charge < -0.3 is 10.0 Å². The van der Waals surface area contributed by atoms with Gasteiger partial charge in [-0.2, -0.15) is 0 Å². The Hall–Kier alpha value is -0.550. The maximum Gasteiger partial charge on any atom is 0.274 e. The van der Waals surface area contributed by atoms with Crippen molar-refractivity contribution in [1.82, 2.24) is 9.88 Å². The number of hydrogen-bond acceptors (Lipinski definition) is 3. The van der Waals surface area contributed by atoms with Crippen LogP contribution in [0.2, 0.25) is 15.1 Å². The molecule has 1 aromatic heterocycles. The zero-order valence-corrected chi connectivity index (χ0v) is 10.9. The summed E-state index contributed by atoms with van der Waals surface area (Å²) in [5.74, 6) is -0.342. The molecule has 0 bridgehead atoms. The summed E-state index contributed by atoms with van der Waals surface area (Å²) in [6.07, 6.45) is 1.36. The molecule has 1 fully saturated rings. The SMILES string of the molecule is O=C(c1ncc(Cl)c(Cl)c1Cl)N1CC[C@H](O)C1. The van der Waals surface area contributed by atoms with Crippen molar-refractivity contribution >= 4 is 40.7 Å². The Labute approximate surface area is 113 Å². The van der Waals surface area contributed by atoms with Crippen LogP contribution in [0.25, 0.3) is 0 Å². The van der Waals surface area contributed by atoms with Gasteiger partial charge in [-0.1, -0.05) is 34.8 Å². The maximum atomic E-state index is 12.0. The monoisotopic (exact) mass is 294 g/mol. The minimum atomic E-state index is -0.486. The first kappa shape index (κ1) is 12.9. The van der Waals surface area contributed by atoms with Crippen LogP contribution in [0.5, 0.6) is 0 Å². The van der Waals surface area contributed by atoms with E-state index in [-0.39, 0.29) is 33.2 Å². The second-order valence-corrected chi connectivity index (χ2v) is 4.94. The lowest BCUT2D eigenvalue weighted by Gasteiger charge is -2.16. The van der Waals surface area contributed by atoms with Gasteiger partial charge >= 0.3 is 0 Å². The fraction of sp³-hybridized carbons (Fsp3) is 0.400. The average Bonchev–Trinajstić information content (AvgIpc) is 2.72. The second-order valence-electron chi connectivity index (χ2n) is 3.78. The summed E-state index contributed by atoms with van der Waals surface area (Å²) in [4.78, 5) is 17.4. The van der Waals surface area contributed by atoms with Crippen molar-refractivity contribution in [2.75, 3.05) is 13.1 Å². The zero-order chi connectivity index (χ0) is 12.6. The smallest absolute Gasteiger partial charge is 0.274 e. The number of rotatable bonds is 1. The largest absolute Gasteiger partial charge is 0.391 e. The van der Waals surface area contributed by atoms with Crippen LogP contribution in [0.1, 0.15) is 16.9 Å². The van der Waals surface area contributed by atoms with Gasteiger partial charge in [0.25, 0.3) is 5.91 Å². The number of amides is 1. The number of hydrogen-bond donors (Lipinski definition) is 1. The van der Waals surface area contributed by atoms with E-state index >= 15 is 0 Å². The normalized spacial score (nSPS) is 19.8. The Morgan fingerprint density at radius 2 is 2.12 bits per heavy atom. The van der Waals surface area contributed by atoms with E-state index in [1.165, 1.54) is 11.1 Å². The lowest BCUT2D eigenvalue weighted by molar-refractivity contribution is 0.0759. The summed E-state index contributed by atoms with van der Waals surface area (Å²) >= 11 is 17.5. The molecule has 4 nitrogen and oxygen atoms in total. The number of aliphatic hydroxyl groups is 1. The molecular weight excluding hydrogens is 286 g/mol. The first-order chi connectivity index (χ1) is 8.00. The highest BCUT2D eigenvalue weighted by atomic mass is 35.5. The lowest BCUT2D eigenvalue weighted by atomic mass is 10.3. The summed E-state index contributed by atoms with van der Waals surface area (Å²) in [6.45, 7) is 0.773. The topological polar surface area (TPSA) is 53.4 Å². The van der Waals surface area contributed by atoms with Gasteiger partial charge in [-0.3, -0.25) is 4.79 Å². The minimum absolute atomic E-state index is 0.0468. The van der Waals surface area contributed by atoms with Crippen molar-refractivity contribution in [3.05, 3.63) is 27.0 Å². The summed E-state index contributed by atoms with van der Waals surface area (Å²) < 4.78 is 0. The van der Waals surface area contributed by atoms with Gasteiger partial charge in [-0.05, 0) is 6.42 Å². The molecule has 0 unspecified atom stereocenters. The molecule has 0 spiro atoms. The van der Waals surface area contributed by atoms with E-state index in [2.05, 4.69) is 4.98 Å². The third-order valence-corrected chi connectivity index (χ3v) is 3.81. The van der Waals surface area contributed by atoms with Crippen LogP contribution < -0.4 is 0 Å². The summed E-state index contributed by atoms with van der Waals surface area (Å²) in [6, 6.07) is 0. The van der Waals surface area contributed by atoms with Gasteiger partial charge in [0, 0.05) is 19.3 Å². The third kappa shape index (κ3) is 2.50. The first-order valence-electron chi connectivity index (χ1n) is 4.97. The van der Waals surface area contributed by atoms with Crippen LogP contribution in [-0.4, -0.2) is 40.1 Å². The predicted octanol–water partition coefficient (Wildman–Crippen LogP) is 2.25. The number of likely N-dealkylation sites (tertiary alicyclic amines) is 1. The quantitative estimate of drug-likeness (QED) is 0.864. The molecule has 1 aliphatic heterocycles. The highest BCUT2D eigenvalue weighted by Gasteiger charge is 2.28. The molecule has 0 aromatic carbocycles. The fourth-order valence-electron chi connectivity index (χ4n) is 1.67. The predicted molar refractivity (Wildman–Crippen MR) is 65.8 cm³/mol. The molecule has 1 saturated heterocycles. The molecule has 1 N–H and O–H groups in total. The zero-order valence-electron chi connectivity index (χ0n) is 8.66. The highest BCUT2D eigenvalue weighted by Crippen LogP contribution is 2.32. The Balaban J connectivity index is 2.29. The van der Waals surface area contributed by atoms with E-state index in [4.69, 9.17) is 34.8 Å². The van der Waals surface area contributed by atoms with Crippen molar-refractivity contribution in [3.8, 4) is 0 Å². The van der Waals surface area contributed by atoms with Gasteiger partial charge in [0.05, 0.1) is 21.2 Å². The number of aromatic nitrogens is 1. The molecular formula is C10H9Cl3N2O2. The number of β-amino-alcohol motifs (C(OH)–C–C–N with tert-alkyl or cyclic N) is 1. The van der Waals surface area contributed by atoms with Gasteiger partial charge in [0.2, 0.25) is 0 Å². The standard InChI is InChI=1S/C10H9Cl3N2O2/c11-6-3-14-9(8(13)7(6)12)10(17)15-2-1-5(16)4-15/h3,5,16H,1-2,4H2/t5-/m0/s1. The molecule has 1 aromatic rings.